The molecule has 1 nitrogen and oxygen atoms in total. The predicted molar refractivity (Wildman–Crippen MR) is 58.0 cm³/mol. The van der Waals surface area contributed by atoms with E-state index in [9.17, 15) is 4.39 Å². The van der Waals surface area contributed by atoms with Crippen LogP contribution in [-0.2, 0) is 0 Å². The molecule has 0 N–H and O–H groups in total. The molecule has 0 radical (unpaired) electrons. The molecular weight excluding hydrogens is 245 g/mol. The third-order valence-corrected chi connectivity index (χ3v) is 3.11. The second kappa shape index (κ2) is 3.61. The molecule has 0 amide bonds. The smallest absolute Gasteiger partial charge is 0.159 e. The number of rotatable bonds is 2. The standard InChI is InChI=1S/C11H13BrFN/c1-6(2)8-5-9(7-3-4-7)14-11(12)10(8)13/h5-7H,3-4H2,1-2H3. The van der Waals surface area contributed by atoms with Crippen molar-refractivity contribution in [3.8, 4) is 0 Å². The lowest BCUT2D eigenvalue weighted by molar-refractivity contribution is 0.581. The van der Waals surface area contributed by atoms with Gasteiger partial charge in [0, 0.05) is 11.6 Å². The van der Waals surface area contributed by atoms with E-state index in [1.54, 1.807) is 0 Å². The fraction of sp³-hybridized carbons (Fsp3) is 0.545. The summed E-state index contributed by atoms with van der Waals surface area (Å²) in [6.45, 7) is 4.00. The highest BCUT2D eigenvalue weighted by Gasteiger charge is 2.27. The number of hydrogen-bond donors (Lipinski definition) is 0. The van der Waals surface area contributed by atoms with Gasteiger partial charge in [-0.25, -0.2) is 9.37 Å². The largest absolute Gasteiger partial charge is 0.243 e. The molecule has 1 aromatic heterocycles. The van der Waals surface area contributed by atoms with E-state index in [-0.39, 0.29) is 11.7 Å². The summed E-state index contributed by atoms with van der Waals surface area (Å²) in [5.41, 5.74) is 1.82. The molecule has 0 unspecified atom stereocenters. The van der Waals surface area contributed by atoms with Crippen molar-refractivity contribution in [2.45, 2.75) is 38.5 Å². The van der Waals surface area contributed by atoms with Crippen LogP contribution in [0.1, 0.15) is 49.8 Å². The van der Waals surface area contributed by atoms with E-state index < -0.39 is 0 Å². The van der Waals surface area contributed by atoms with E-state index in [1.807, 2.05) is 19.9 Å². The lowest BCUT2D eigenvalue weighted by atomic mass is 10.0. The van der Waals surface area contributed by atoms with Gasteiger partial charge in [0.15, 0.2) is 5.82 Å². The molecule has 1 heterocycles. The van der Waals surface area contributed by atoms with Crippen molar-refractivity contribution >= 4 is 15.9 Å². The zero-order valence-electron chi connectivity index (χ0n) is 8.35. The van der Waals surface area contributed by atoms with E-state index in [0.29, 0.717) is 10.5 Å². The summed E-state index contributed by atoms with van der Waals surface area (Å²) in [7, 11) is 0. The molecule has 14 heavy (non-hydrogen) atoms. The number of pyridine rings is 1. The molecule has 1 aliphatic rings. The van der Waals surface area contributed by atoms with Crippen molar-refractivity contribution in [2.75, 3.05) is 0 Å². The summed E-state index contributed by atoms with van der Waals surface area (Å²) in [5, 5.41) is 0. The van der Waals surface area contributed by atoms with Crippen LogP contribution < -0.4 is 0 Å². The normalized spacial score (nSPS) is 16.4. The van der Waals surface area contributed by atoms with Crippen molar-refractivity contribution in [3.05, 3.63) is 27.7 Å². The maximum Gasteiger partial charge on any atom is 0.159 e. The summed E-state index contributed by atoms with van der Waals surface area (Å²) in [5.74, 6) is 0.584. The van der Waals surface area contributed by atoms with Gasteiger partial charge >= 0.3 is 0 Å². The molecule has 1 aromatic rings. The van der Waals surface area contributed by atoms with Crippen LogP contribution in [0.4, 0.5) is 4.39 Å². The zero-order chi connectivity index (χ0) is 10.3. The first kappa shape index (κ1) is 10.1. The highest BCUT2D eigenvalue weighted by atomic mass is 79.9. The van der Waals surface area contributed by atoms with E-state index in [4.69, 9.17) is 0 Å². The summed E-state index contributed by atoms with van der Waals surface area (Å²) in [6, 6.07) is 1.92. The monoisotopic (exact) mass is 257 g/mol. The van der Waals surface area contributed by atoms with E-state index in [0.717, 1.165) is 11.3 Å². The highest BCUT2D eigenvalue weighted by molar-refractivity contribution is 9.10. The first-order valence-corrected chi connectivity index (χ1v) is 5.74. The van der Waals surface area contributed by atoms with Crippen molar-refractivity contribution in [3.63, 3.8) is 0 Å². The molecule has 2 rings (SSSR count). The van der Waals surface area contributed by atoms with Gasteiger partial charge in [-0.15, -0.1) is 0 Å². The third-order valence-electron chi connectivity index (χ3n) is 2.58. The number of nitrogens with zero attached hydrogens (tertiary/aromatic N) is 1. The fourth-order valence-electron chi connectivity index (χ4n) is 1.54. The average Bonchev–Trinajstić information content (AvgIpc) is 2.91. The Morgan fingerprint density at radius 1 is 1.50 bits per heavy atom. The molecule has 1 aliphatic carbocycles. The Hall–Kier alpha value is -0.440. The topological polar surface area (TPSA) is 12.9 Å². The molecule has 0 atom stereocenters. The maximum atomic E-state index is 13.6. The molecule has 0 saturated heterocycles. The number of aromatic nitrogens is 1. The highest BCUT2D eigenvalue weighted by Crippen LogP contribution is 2.40. The van der Waals surface area contributed by atoms with Crippen LogP contribution in [0.2, 0.25) is 0 Å². The number of halogens is 2. The lowest BCUT2D eigenvalue weighted by Gasteiger charge is -2.10. The SMILES string of the molecule is CC(C)c1cc(C2CC2)nc(Br)c1F. The summed E-state index contributed by atoms with van der Waals surface area (Å²) < 4.78 is 14.0. The van der Waals surface area contributed by atoms with Gasteiger partial charge in [0.2, 0.25) is 0 Å². The van der Waals surface area contributed by atoms with Crippen molar-refractivity contribution in [1.82, 2.24) is 4.98 Å². The van der Waals surface area contributed by atoms with Crippen molar-refractivity contribution in [2.24, 2.45) is 0 Å². The molecule has 0 aromatic carbocycles. The Kier molecular flexibility index (Phi) is 2.60. The Morgan fingerprint density at radius 2 is 2.14 bits per heavy atom. The molecule has 1 fully saturated rings. The summed E-state index contributed by atoms with van der Waals surface area (Å²) in [4.78, 5) is 4.22. The van der Waals surface area contributed by atoms with E-state index in [1.165, 1.54) is 12.8 Å². The van der Waals surface area contributed by atoms with E-state index in [2.05, 4.69) is 20.9 Å². The van der Waals surface area contributed by atoms with Gasteiger partial charge in [-0.2, -0.15) is 0 Å². The lowest BCUT2D eigenvalue weighted by Crippen LogP contribution is -1.99. The first-order valence-electron chi connectivity index (χ1n) is 4.95. The Bertz CT molecular complexity index is 359. The minimum absolute atomic E-state index is 0.204. The van der Waals surface area contributed by atoms with Crippen LogP contribution in [0, 0.1) is 5.82 Å². The molecule has 3 heteroatoms. The summed E-state index contributed by atoms with van der Waals surface area (Å²) >= 11 is 3.18. The Labute approximate surface area is 91.9 Å². The van der Waals surface area contributed by atoms with E-state index >= 15 is 0 Å². The molecule has 0 bridgehead atoms. The maximum absolute atomic E-state index is 13.6. The van der Waals surface area contributed by atoms with Gasteiger partial charge in [0.25, 0.3) is 0 Å². The Morgan fingerprint density at radius 3 is 2.64 bits per heavy atom. The fourth-order valence-corrected chi connectivity index (χ4v) is 1.98. The molecular formula is C11H13BrFN. The average molecular weight is 258 g/mol. The molecule has 1 saturated carbocycles. The van der Waals surface area contributed by atoms with Crippen LogP contribution in [0.3, 0.4) is 0 Å². The van der Waals surface area contributed by atoms with Crippen LogP contribution in [0.25, 0.3) is 0 Å². The molecule has 0 aliphatic heterocycles. The van der Waals surface area contributed by atoms with Crippen molar-refractivity contribution in [1.29, 1.82) is 0 Å². The van der Waals surface area contributed by atoms with Crippen molar-refractivity contribution < 1.29 is 4.39 Å². The van der Waals surface area contributed by atoms with Gasteiger partial charge in [-0.1, -0.05) is 13.8 Å². The number of hydrogen-bond acceptors (Lipinski definition) is 1. The van der Waals surface area contributed by atoms with Crippen LogP contribution in [0.5, 0.6) is 0 Å². The predicted octanol–water partition coefficient (Wildman–Crippen LogP) is 3.98. The van der Waals surface area contributed by atoms with Gasteiger partial charge in [-0.3, -0.25) is 0 Å². The van der Waals surface area contributed by atoms with Gasteiger partial charge in [-0.05, 0) is 46.3 Å². The quantitative estimate of drug-likeness (QED) is 0.731. The minimum atomic E-state index is -0.204. The molecule has 76 valence electrons. The second-order valence-electron chi connectivity index (χ2n) is 4.17. The van der Waals surface area contributed by atoms with Crippen LogP contribution >= 0.6 is 15.9 Å². The van der Waals surface area contributed by atoms with Crippen LogP contribution in [0.15, 0.2) is 10.7 Å². The van der Waals surface area contributed by atoms with Gasteiger partial charge < -0.3 is 0 Å². The summed E-state index contributed by atoms with van der Waals surface area (Å²) in [6.07, 6.45) is 2.39. The minimum Gasteiger partial charge on any atom is -0.243 e. The third kappa shape index (κ3) is 1.83. The second-order valence-corrected chi connectivity index (χ2v) is 4.92. The zero-order valence-corrected chi connectivity index (χ0v) is 9.94. The van der Waals surface area contributed by atoms with Gasteiger partial charge in [0.1, 0.15) is 4.60 Å². The Balaban J connectivity index is 2.46. The van der Waals surface area contributed by atoms with Crippen LogP contribution in [-0.4, -0.2) is 4.98 Å². The first-order chi connectivity index (χ1) is 6.59. The molecule has 0 spiro atoms. The van der Waals surface area contributed by atoms with Gasteiger partial charge in [0.05, 0.1) is 0 Å².